The van der Waals surface area contributed by atoms with E-state index in [4.69, 9.17) is 12.2 Å². The number of amides is 1. The molecule has 1 amide bonds. The second-order valence-corrected chi connectivity index (χ2v) is 3.60. The molecule has 15 heavy (non-hydrogen) atoms. The molecule has 0 radical (unpaired) electrons. The van der Waals surface area contributed by atoms with Gasteiger partial charge in [0.25, 0.3) is 0 Å². The van der Waals surface area contributed by atoms with Crippen molar-refractivity contribution >= 4 is 17.5 Å². The number of carbonyl (C=O) groups excluding carboxylic acids is 1. The van der Waals surface area contributed by atoms with Crippen LogP contribution < -0.4 is 11.1 Å². The molecule has 0 aromatic carbocycles. The van der Waals surface area contributed by atoms with E-state index in [1.54, 1.807) is 13.8 Å². The highest BCUT2D eigenvalue weighted by molar-refractivity contribution is 6.08. The number of terminal acetylenes is 1. The SMILES string of the molecule is C#CC1(C)C(=O)Nc2nc(C)nc(N)c21. The molecule has 1 unspecified atom stereocenters. The summed E-state index contributed by atoms with van der Waals surface area (Å²) < 4.78 is 0. The molecule has 1 aliphatic heterocycles. The highest BCUT2D eigenvalue weighted by Gasteiger charge is 2.44. The molecular formula is C10H10N4O. The fraction of sp³-hybridized carbons (Fsp3) is 0.300. The van der Waals surface area contributed by atoms with Crippen LogP contribution in [0, 0.1) is 19.3 Å². The minimum absolute atomic E-state index is 0.260. The largest absolute Gasteiger partial charge is 0.383 e. The van der Waals surface area contributed by atoms with Crippen molar-refractivity contribution in [2.24, 2.45) is 0 Å². The molecule has 5 nitrogen and oxygen atoms in total. The number of rotatable bonds is 0. The van der Waals surface area contributed by atoms with Gasteiger partial charge in [-0.3, -0.25) is 4.79 Å². The maximum absolute atomic E-state index is 11.7. The third-order valence-corrected chi connectivity index (χ3v) is 2.52. The van der Waals surface area contributed by atoms with E-state index in [9.17, 15) is 4.79 Å². The molecule has 0 bridgehead atoms. The molecule has 1 aromatic rings. The third-order valence-electron chi connectivity index (χ3n) is 2.52. The van der Waals surface area contributed by atoms with E-state index in [-0.39, 0.29) is 11.7 Å². The Bertz CT molecular complexity index is 503. The zero-order chi connectivity index (χ0) is 11.2. The number of nitrogens with zero attached hydrogens (tertiary/aromatic N) is 2. The Morgan fingerprint density at radius 2 is 2.20 bits per heavy atom. The van der Waals surface area contributed by atoms with Crippen LogP contribution in [-0.2, 0) is 10.2 Å². The Morgan fingerprint density at radius 1 is 1.53 bits per heavy atom. The molecule has 1 aromatic heterocycles. The number of hydrogen-bond donors (Lipinski definition) is 2. The van der Waals surface area contributed by atoms with Gasteiger partial charge >= 0.3 is 0 Å². The van der Waals surface area contributed by atoms with Crippen LogP contribution in [0.15, 0.2) is 0 Å². The van der Waals surface area contributed by atoms with Gasteiger partial charge in [0.1, 0.15) is 22.9 Å². The molecule has 0 spiro atoms. The first kappa shape index (κ1) is 9.46. The molecule has 0 fully saturated rings. The van der Waals surface area contributed by atoms with E-state index in [1.165, 1.54) is 0 Å². The summed E-state index contributed by atoms with van der Waals surface area (Å²) in [5, 5.41) is 2.61. The van der Waals surface area contributed by atoms with Gasteiger partial charge < -0.3 is 11.1 Å². The fourth-order valence-corrected chi connectivity index (χ4v) is 1.66. The zero-order valence-electron chi connectivity index (χ0n) is 8.46. The second kappa shape index (κ2) is 2.70. The van der Waals surface area contributed by atoms with Crippen molar-refractivity contribution < 1.29 is 4.79 Å². The molecule has 0 saturated carbocycles. The molecular weight excluding hydrogens is 192 g/mol. The summed E-state index contributed by atoms with van der Waals surface area (Å²) in [6.45, 7) is 3.33. The molecule has 76 valence electrons. The number of aryl methyl sites for hydroxylation is 1. The number of nitrogens with one attached hydrogen (secondary N) is 1. The summed E-state index contributed by atoms with van der Waals surface area (Å²) in [7, 11) is 0. The van der Waals surface area contributed by atoms with Crippen molar-refractivity contribution in [1.82, 2.24) is 9.97 Å². The smallest absolute Gasteiger partial charge is 0.248 e. The van der Waals surface area contributed by atoms with E-state index >= 15 is 0 Å². The van der Waals surface area contributed by atoms with Crippen molar-refractivity contribution in [1.29, 1.82) is 0 Å². The van der Waals surface area contributed by atoms with E-state index in [0.717, 1.165) is 0 Å². The highest BCUT2D eigenvalue weighted by Crippen LogP contribution is 2.38. The van der Waals surface area contributed by atoms with Gasteiger partial charge in [-0.1, -0.05) is 5.92 Å². The molecule has 5 heteroatoms. The van der Waals surface area contributed by atoms with E-state index in [0.29, 0.717) is 17.2 Å². The average Bonchev–Trinajstić information content (AvgIpc) is 2.39. The van der Waals surface area contributed by atoms with Gasteiger partial charge in [0.15, 0.2) is 0 Å². The topological polar surface area (TPSA) is 80.9 Å². The standard InChI is InChI=1S/C10H10N4O/c1-4-10(3)6-7(11)12-5(2)13-8(6)14-9(10)15/h1H,2-3H3,(H3,11,12,13,14,15). The van der Waals surface area contributed by atoms with Gasteiger partial charge in [-0.25, -0.2) is 9.97 Å². The molecule has 0 saturated heterocycles. The van der Waals surface area contributed by atoms with E-state index in [1.807, 2.05) is 0 Å². The third kappa shape index (κ3) is 1.08. The van der Waals surface area contributed by atoms with Crippen molar-refractivity contribution in [2.45, 2.75) is 19.3 Å². The van der Waals surface area contributed by atoms with Gasteiger partial charge in [-0.15, -0.1) is 6.42 Å². The van der Waals surface area contributed by atoms with E-state index in [2.05, 4.69) is 21.2 Å². The number of nitrogens with two attached hydrogens (primary N) is 1. The van der Waals surface area contributed by atoms with Crippen LogP contribution in [0.25, 0.3) is 0 Å². The Hall–Kier alpha value is -2.09. The monoisotopic (exact) mass is 202 g/mol. The van der Waals surface area contributed by atoms with E-state index < -0.39 is 5.41 Å². The van der Waals surface area contributed by atoms with Crippen LogP contribution in [0.1, 0.15) is 18.3 Å². The summed E-state index contributed by atoms with van der Waals surface area (Å²) in [6, 6.07) is 0. The lowest BCUT2D eigenvalue weighted by atomic mass is 9.86. The van der Waals surface area contributed by atoms with Gasteiger partial charge in [0.05, 0.1) is 5.56 Å². The minimum Gasteiger partial charge on any atom is -0.383 e. The maximum atomic E-state index is 11.7. The van der Waals surface area contributed by atoms with Gasteiger partial charge in [-0.05, 0) is 13.8 Å². The van der Waals surface area contributed by atoms with Crippen molar-refractivity contribution in [3.8, 4) is 12.3 Å². The Balaban J connectivity index is 2.76. The van der Waals surface area contributed by atoms with Crippen LogP contribution in [0.5, 0.6) is 0 Å². The number of carbonyl (C=O) groups is 1. The predicted octanol–water partition coefficient (Wildman–Crippen LogP) is 0.210. The molecule has 2 rings (SSSR count). The lowest BCUT2D eigenvalue weighted by Gasteiger charge is -2.14. The van der Waals surface area contributed by atoms with Crippen molar-refractivity contribution in [3.63, 3.8) is 0 Å². The average molecular weight is 202 g/mol. The first-order chi connectivity index (χ1) is 6.99. The van der Waals surface area contributed by atoms with Crippen LogP contribution >= 0.6 is 0 Å². The lowest BCUT2D eigenvalue weighted by molar-refractivity contribution is -0.118. The summed E-state index contributed by atoms with van der Waals surface area (Å²) in [6.07, 6.45) is 5.36. The maximum Gasteiger partial charge on any atom is 0.248 e. The van der Waals surface area contributed by atoms with Gasteiger partial charge in [0, 0.05) is 0 Å². The van der Waals surface area contributed by atoms with Gasteiger partial charge in [0.2, 0.25) is 5.91 Å². The van der Waals surface area contributed by atoms with Crippen LogP contribution in [0.3, 0.4) is 0 Å². The number of nitrogen functional groups attached to an aromatic ring is 1. The number of hydrogen-bond acceptors (Lipinski definition) is 4. The van der Waals surface area contributed by atoms with Gasteiger partial charge in [-0.2, -0.15) is 0 Å². The number of aromatic nitrogens is 2. The molecule has 1 aliphatic rings. The zero-order valence-corrected chi connectivity index (χ0v) is 8.46. The molecule has 3 N–H and O–H groups in total. The van der Waals surface area contributed by atoms with Crippen molar-refractivity contribution in [2.75, 3.05) is 11.1 Å². The minimum atomic E-state index is -1.06. The molecule has 0 aliphatic carbocycles. The van der Waals surface area contributed by atoms with Crippen molar-refractivity contribution in [3.05, 3.63) is 11.4 Å². The highest BCUT2D eigenvalue weighted by atomic mass is 16.2. The summed E-state index contributed by atoms with van der Waals surface area (Å²) in [5.41, 5.74) is 5.19. The molecule has 1 atom stereocenters. The van der Waals surface area contributed by atoms with Crippen LogP contribution in [0.4, 0.5) is 11.6 Å². The summed E-state index contributed by atoms with van der Waals surface area (Å²) >= 11 is 0. The predicted molar refractivity (Wildman–Crippen MR) is 56.0 cm³/mol. The number of fused-ring (bicyclic) bond motifs is 1. The Labute approximate surface area is 87.1 Å². The van der Waals surface area contributed by atoms with Crippen LogP contribution in [0.2, 0.25) is 0 Å². The number of anilines is 2. The second-order valence-electron chi connectivity index (χ2n) is 3.60. The fourth-order valence-electron chi connectivity index (χ4n) is 1.66. The summed E-state index contributed by atoms with van der Waals surface area (Å²) in [4.78, 5) is 19.8. The first-order valence-electron chi connectivity index (χ1n) is 4.43. The van der Waals surface area contributed by atoms with Crippen LogP contribution in [-0.4, -0.2) is 15.9 Å². The summed E-state index contributed by atoms with van der Waals surface area (Å²) in [5.74, 6) is 3.34. The first-order valence-corrected chi connectivity index (χ1v) is 4.43. The quantitative estimate of drug-likeness (QED) is 0.589. The molecule has 2 heterocycles. The lowest BCUT2D eigenvalue weighted by Crippen LogP contribution is -2.29. The Morgan fingerprint density at radius 3 is 2.80 bits per heavy atom. The normalized spacial score (nSPS) is 23.1. The Kier molecular flexibility index (Phi) is 1.70.